The SMILES string of the molecule is CC(O)(c1ccnc(-c2cccc3cc([C@H](NS(=O)(=O)c4ccc5c(c4)OCCCO5)c4ccccc4)sc23)c1)C(F)(F)F. The van der Waals surface area contributed by atoms with Crippen molar-refractivity contribution in [3.05, 3.63) is 107 Å². The fourth-order valence-corrected chi connectivity index (χ4v) is 7.50. The lowest BCUT2D eigenvalue weighted by atomic mass is 9.94. The number of sulfonamides is 1. The van der Waals surface area contributed by atoms with E-state index in [9.17, 15) is 26.7 Å². The number of hydrogen-bond acceptors (Lipinski definition) is 7. The molecule has 1 aliphatic rings. The van der Waals surface area contributed by atoms with Gasteiger partial charge in [-0.15, -0.1) is 11.3 Å². The topological polar surface area (TPSA) is 97.8 Å². The molecule has 2 atom stereocenters. The second kappa shape index (κ2) is 11.5. The van der Waals surface area contributed by atoms with Crippen LogP contribution in [0, 0.1) is 0 Å². The van der Waals surface area contributed by atoms with Gasteiger partial charge in [-0.05, 0) is 53.8 Å². The Morgan fingerprint density at radius 3 is 2.43 bits per heavy atom. The first-order valence-corrected chi connectivity index (χ1v) is 16.0. The average molecular weight is 641 g/mol. The number of pyridine rings is 1. The van der Waals surface area contributed by atoms with E-state index in [1.165, 1.54) is 35.7 Å². The Bertz CT molecular complexity index is 1930. The molecule has 0 aliphatic carbocycles. The molecule has 12 heteroatoms. The summed E-state index contributed by atoms with van der Waals surface area (Å²) in [6, 6.07) is 22.3. The number of nitrogens with one attached hydrogen (secondary N) is 1. The first-order chi connectivity index (χ1) is 20.9. The molecule has 0 saturated heterocycles. The molecule has 2 aromatic heterocycles. The highest BCUT2D eigenvalue weighted by Gasteiger charge is 2.51. The standard InChI is InChI=1S/C32H27F3N2O5S2/c1-31(38,32(33,34)35)22-13-14-36-25(18-22)24-10-5-9-21-17-28(43-30(21)24)29(20-7-3-2-4-8-20)37-44(39,40)23-11-12-26-27(19-23)42-16-6-15-41-26/h2-5,7-14,17-19,29,37-38H,6,15-16H2,1H3/t29-,31?/m1/s1. The monoisotopic (exact) mass is 640 g/mol. The Balaban J connectivity index is 1.41. The molecule has 0 bridgehead atoms. The number of halogens is 3. The van der Waals surface area contributed by atoms with Gasteiger partial charge >= 0.3 is 6.18 Å². The van der Waals surface area contributed by atoms with Crippen molar-refractivity contribution >= 4 is 31.4 Å². The smallest absolute Gasteiger partial charge is 0.421 e. The molecule has 5 aromatic rings. The summed E-state index contributed by atoms with van der Waals surface area (Å²) in [4.78, 5) is 4.98. The molecule has 0 spiro atoms. The van der Waals surface area contributed by atoms with Gasteiger partial charge in [-0.25, -0.2) is 8.42 Å². The lowest BCUT2D eigenvalue weighted by Crippen LogP contribution is -2.39. The molecule has 1 unspecified atom stereocenters. The molecule has 1 aliphatic heterocycles. The molecule has 2 N–H and O–H groups in total. The number of hydrogen-bond donors (Lipinski definition) is 2. The molecule has 3 heterocycles. The van der Waals surface area contributed by atoms with Crippen molar-refractivity contribution in [3.63, 3.8) is 0 Å². The Kier molecular flexibility index (Phi) is 7.87. The normalized spacial score (nSPS) is 15.8. The Hall–Kier alpha value is -3.97. The van der Waals surface area contributed by atoms with E-state index in [0.717, 1.165) is 11.5 Å². The average Bonchev–Trinajstić information content (AvgIpc) is 3.30. The van der Waals surface area contributed by atoms with Crippen LogP contribution in [0.25, 0.3) is 21.3 Å². The van der Waals surface area contributed by atoms with Crippen LogP contribution in [0.2, 0.25) is 0 Å². The molecule has 44 heavy (non-hydrogen) atoms. The van der Waals surface area contributed by atoms with Crippen molar-refractivity contribution in [3.8, 4) is 22.8 Å². The van der Waals surface area contributed by atoms with Crippen LogP contribution >= 0.6 is 11.3 Å². The van der Waals surface area contributed by atoms with Crippen LogP contribution in [-0.4, -0.2) is 37.9 Å². The summed E-state index contributed by atoms with van der Waals surface area (Å²) >= 11 is 1.31. The van der Waals surface area contributed by atoms with Crippen molar-refractivity contribution in [2.45, 2.75) is 36.1 Å². The highest BCUT2D eigenvalue weighted by Crippen LogP contribution is 2.42. The molecular weight excluding hydrogens is 613 g/mol. The largest absolute Gasteiger partial charge is 0.490 e. The maximum atomic E-state index is 13.7. The summed E-state index contributed by atoms with van der Waals surface area (Å²) in [6.07, 6.45) is -2.97. The number of aromatic nitrogens is 1. The van der Waals surface area contributed by atoms with Gasteiger partial charge in [-0.2, -0.15) is 17.9 Å². The summed E-state index contributed by atoms with van der Waals surface area (Å²) in [5.41, 5.74) is -1.91. The third-order valence-corrected chi connectivity index (χ3v) is 10.1. The fourth-order valence-electron chi connectivity index (χ4n) is 4.94. The number of ether oxygens (including phenoxy) is 2. The minimum atomic E-state index is -4.88. The number of thiophene rings is 1. The lowest BCUT2D eigenvalue weighted by molar-refractivity contribution is -0.258. The van der Waals surface area contributed by atoms with E-state index >= 15 is 0 Å². The van der Waals surface area contributed by atoms with E-state index in [1.807, 2.05) is 42.5 Å². The third-order valence-electron chi connectivity index (χ3n) is 7.43. The molecule has 0 radical (unpaired) electrons. The summed E-state index contributed by atoms with van der Waals surface area (Å²) in [6.45, 7) is 1.59. The van der Waals surface area contributed by atoms with Crippen molar-refractivity contribution in [2.75, 3.05) is 13.2 Å². The van der Waals surface area contributed by atoms with E-state index in [-0.39, 0.29) is 16.2 Å². The van der Waals surface area contributed by atoms with E-state index < -0.39 is 27.8 Å². The van der Waals surface area contributed by atoms with Crippen molar-refractivity contribution in [2.24, 2.45) is 0 Å². The number of benzene rings is 3. The van der Waals surface area contributed by atoms with Gasteiger partial charge in [0.05, 0.1) is 29.8 Å². The number of nitrogens with zero attached hydrogens (tertiary/aromatic N) is 1. The first-order valence-electron chi connectivity index (χ1n) is 13.7. The maximum absolute atomic E-state index is 13.7. The molecule has 6 rings (SSSR count). The van der Waals surface area contributed by atoms with Gasteiger partial charge in [-0.3, -0.25) is 4.98 Å². The predicted octanol–water partition coefficient (Wildman–Crippen LogP) is 6.96. The fraction of sp³-hybridized carbons (Fsp3) is 0.219. The summed E-state index contributed by atoms with van der Waals surface area (Å²) in [7, 11) is -4.06. The first kappa shape index (κ1) is 30.1. The minimum absolute atomic E-state index is 0.0159. The van der Waals surface area contributed by atoms with Gasteiger partial charge in [-0.1, -0.05) is 48.5 Å². The Morgan fingerprint density at radius 2 is 1.68 bits per heavy atom. The van der Waals surface area contributed by atoms with Gasteiger partial charge in [0, 0.05) is 33.8 Å². The van der Waals surface area contributed by atoms with Gasteiger partial charge in [0.1, 0.15) is 0 Å². The zero-order chi connectivity index (χ0) is 31.1. The zero-order valence-electron chi connectivity index (χ0n) is 23.3. The van der Waals surface area contributed by atoms with Crippen LogP contribution in [0.5, 0.6) is 11.5 Å². The summed E-state index contributed by atoms with van der Waals surface area (Å²) in [5.74, 6) is 0.833. The molecule has 228 valence electrons. The van der Waals surface area contributed by atoms with Crippen molar-refractivity contribution < 1.29 is 36.2 Å². The zero-order valence-corrected chi connectivity index (χ0v) is 25.0. The Labute approximate surface area is 256 Å². The Morgan fingerprint density at radius 1 is 0.932 bits per heavy atom. The van der Waals surface area contributed by atoms with Gasteiger partial charge < -0.3 is 14.6 Å². The van der Waals surface area contributed by atoms with Gasteiger partial charge in [0.25, 0.3) is 0 Å². The van der Waals surface area contributed by atoms with Crippen molar-refractivity contribution in [1.82, 2.24) is 9.71 Å². The number of rotatable bonds is 7. The molecular formula is C32H27F3N2O5S2. The van der Waals surface area contributed by atoms with Crippen LogP contribution in [-0.2, 0) is 15.6 Å². The summed E-state index contributed by atoms with van der Waals surface area (Å²) < 4.78 is 83.1. The number of alkyl halides is 3. The van der Waals surface area contributed by atoms with E-state index in [4.69, 9.17) is 9.47 Å². The highest BCUT2D eigenvalue weighted by atomic mass is 32.2. The quantitative estimate of drug-likeness (QED) is 0.200. The minimum Gasteiger partial charge on any atom is -0.490 e. The van der Waals surface area contributed by atoms with Crippen molar-refractivity contribution in [1.29, 1.82) is 0 Å². The molecule has 0 fully saturated rings. The van der Waals surface area contributed by atoms with Crippen LogP contribution < -0.4 is 14.2 Å². The van der Waals surface area contributed by atoms with Crippen LogP contribution in [0.3, 0.4) is 0 Å². The molecule has 7 nitrogen and oxygen atoms in total. The number of fused-ring (bicyclic) bond motifs is 2. The second-order valence-electron chi connectivity index (χ2n) is 10.5. The predicted molar refractivity (Wildman–Crippen MR) is 161 cm³/mol. The van der Waals surface area contributed by atoms with E-state index in [0.29, 0.717) is 58.8 Å². The van der Waals surface area contributed by atoms with Gasteiger partial charge in [0.15, 0.2) is 17.1 Å². The van der Waals surface area contributed by atoms with E-state index in [2.05, 4.69) is 9.71 Å². The second-order valence-corrected chi connectivity index (χ2v) is 13.3. The number of aliphatic hydroxyl groups is 1. The highest BCUT2D eigenvalue weighted by molar-refractivity contribution is 7.89. The molecule has 0 saturated carbocycles. The van der Waals surface area contributed by atoms with Gasteiger partial charge in [0.2, 0.25) is 10.0 Å². The van der Waals surface area contributed by atoms with Crippen LogP contribution in [0.4, 0.5) is 13.2 Å². The van der Waals surface area contributed by atoms with Crippen LogP contribution in [0.15, 0.2) is 96.0 Å². The lowest BCUT2D eigenvalue weighted by Gasteiger charge is -2.26. The van der Waals surface area contributed by atoms with E-state index in [1.54, 1.807) is 18.2 Å². The third kappa shape index (κ3) is 5.77. The molecule has 3 aromatic carbocycles. The van der Waals surface area contributed by atoms with Crippen LogP contribution in [0.1, 0.15) is 35.4 Å². The molecule has 0 amide bonds. The maximum Gasteiger partial charge on any atom is 0.421 e. The summed E-state index contributed by atoms with van der Waals surface area (Å²) in [5, 5.41) is 11.0.